The standard InChI is InChI=1S/C9H10Cl2N2O/c1-9(14,8(12)13)5-2-6(10)4-7(11)3-5/h2-4,14H,1H3,(H3,12,13). The van der Waals surface area contributed by atoms with Crippen molar-refractivity contribution in [2.24, 2.45) is 5.73 Å². The molecule has 1 aromatic carbocycles. The Hall–Kier alpha value is -0.770. The third-order valence-electron chi connectivity index (χ3n) is 1.95. The summed E-state index contributed by atoms with van der Waals surface area (Å²) < 4.78 is 0. The molecule has 0 saturated carbocycles. The van der Waals surface area contributed by atoms with E-state index in [0.29, 0.717) is 15.6 Å². The molecule has 1 aromatic rings. The van der Waals surface area contributed by atoms with Crippen LogP contribution in [0.15, 0.2) is 18.2 Å². The molecule has 14 heavy (non-hydrogen) atoms. The van der Waals surface area contributed by atoms with Crippen molar-refractivity contribution in [1.29, 1.82) is 5.41 Å². The molecule has 5 heteroatoms. The second-order valence-electron chi connectivity index (χ2n) is 3.14. The number of amidine groups is 1. The molecule has 0 aliphatic rings. The highest BCUT2D eigenvalue weighted by atomic mass is 35.5. The topological polar surface area (TPSA) is 70.1 Å². The number of hydrogen-bond acceptors (Lipinski definition) is 2. The summed E-state index contributed by atoms with van der Waals surface area (Å²) in [6, 6.07) is 4.59. The van der Waals surface area contributed by atoms with Crippen molar-refractivity contribution in [2.45, 2.75) is 12.5 Å². The highest BCUT2D eigenvalue weighted by Crippen LogP contribution is 2.27. The first-order chi connectivity index (χ1) is 6.34. The molecule has 0 bridgehead atoms. The fraction of sp³-hybridized carbons (Fsp3) is 0.222. The van der Waals surface area contributed by atoms with Gasteiger partial charge in [-0.15, -0.1) is 0 Å². The van der Waals surface area contributed by atoms with Crippen LogP contribution in [-0.2, 0) is 5.60 Å². The van der Waals surface area contributed by atoms with Crippen LogP contribution >= 0.6 is 23.2 Å². The molecular weight excluding hydrogens is 223 g/mol. The molecule has 0 saturated heterocycles. The lowest BCUT2D eigenvalue weighted by atomic mass is 9.95. The molecule has 0 spiro atoms. The maximum atomic E-state index is 9.85. The van der Waals surface area contributed by atoms with Crippen LogP contribution in [0.25, 0.3) is 0 Å². The number of hydrogen-bond donors (Lipinski definition) is 3. The lowest BCUT2D eigenvalue weighted by molar-refractivity contribution is 0.130. The Morgan fingerprint density at radius 2 is 1.79 bits per heavy atom. The number of rotatable bonds is 2. The molecule has 1 rings (SSSR count). The Morgan fingerprint density at radius 3 is 2.14 bits per heavy atom. The number of aliphatic hydroxyl groups is 1. The Labute approximate surface area is 92.0 Å². The van der Waals surface area contributed by atoms with Gasteiger partial charge in [-0.1, -0.05) is 23.2 Å². The van der Waals surface area contributed by atoms with E-state index in [4.69, 9.17) is 34.3 Å². The zero-order valence-corrected chi connectivity index (χ0v) is 9.02. The van der Waals surface area contributed by atoms with Crippen molar-refractivity contribution >= 4 is 29.0 Å². The van der Waals surface area contributed by atoms with Crippen LogP contribution in [0.2, 0.25) is 10.0 Å². The van der Waals surface area contributed by atoms with Gasteiger partial charge in [-0.25, -0.2) is 0 Å². The van der Waals surface area contributed by atoms with Crippen LogP contribution in [0.4, 0.5) is 0 Å². The molecule has 0 heterocycles. The quantitative estimate of drug-likeness (QED) is 0.541. The highest BCUT2D eigenvalue weighted by molar-refractivity contribution is 6.34. The molecule has 3 nitrogen and oxygen atoms in total. The number of nitrogens with one attached hydrogen (secondary N) is 1. The van der Waals surface area contributed by atoms with E-state index in [9.17, 15) is 5.11 Å². The van der Waals surface area contributed by atoms with E-state index in [2.05, 4.69) is 0 Å². The van der Waals surface area contributed by atoms with E-state index < -0.39 is 5.60 Å². The van der Waals surface area contributed by atoms with E-state index >= 15 is 0 Å². The first-order valence-electron chi connectivity index (χ1n) is 3.87. The van der Waals surface area contributed by atoms with Crippen LogP contribution in [0.3, 0.4) is 0 Å². The SMILES string of the molecule is CC(O)(C(=N)N)c1cc(Cl)cc(Cl)c1. The predicted octanol–water partition coefficient (Wildman–Crippen LogP) is 2.14. The smallest absolute Gasteiger partial charge is 0.143 e. The maximum absolute atomic E-state index is 9.85. The van der Waals surface area contributed by atoms with Crippen molar-refractivity contribution < 1.29 is 5.11 Å². The molecule has 0 radical (unpaired) electrons. The Morgan fingerprint density at radius 1 is 1.36 bits per heavy atom. The van der Waals surface area contributed by atoms with Crippen LogP contribution in [0.5, 0.6) is 0 Å². The zero-order valence-electron chi connectivity index (χ0n) is 7.51. The molecule has 4 N–H and O–H groups in total. The predicted molar refractivity (Wildman–Crippen MR) is 57.9 cm³/mol. The fourth-order valence-electron chi connectivity index (χ4n) is 0.990. The summed E-state index contributed by atoms with van der Waals surface area (Å²) in [6.45, 7) is 1.41. The Balaban J connectivity index is 3.25. The largest absolute Gasteiger partial charge is 0.385 e. The molecule has 0 aliphatic carbocycles. The van der Waals surface area contributed by atoms with Gasteiger partial charge < -0.3 is 10.8 Å². The normalized spacial score (nSPS) is 14.9. The van der Waals surface area contributed by atoms with Crippen molar-refractivity contribution in [3.8, 4) is 0 Å². The third-order valence-corrected chi connectivity index (χ3v) is 2.39. The maximum Gasteiger partial charge on any atom is 0.143 e. The lowest BCUT2D eigenvalue weighted by Gasteiger charge is -2.22. The molecule has 0 fully saturated rings. The minimum Gasteiger partial charge on any atom is -0.385 e. The average Bonchev–Trinajstić information content (AvgIpc) is 2.01. The van der Waals surface area contributed by atoms with Crippen molar-refractivity contribution in [3.05, 3.63) is 33.8 Å². The number of nitrogens with two attached hydrogens (primary N) is 1. The molecule has 76 valence electrons. The van der Waals surface area contributed by atoms with Gasteiger partial charge in [-0.05, 0) is 30.7 Å². The van der Waals surface area contributed by atoms with Gasteiger partial charge in [0.05, 0.1) is 0 Å². The lowest BCUT2D eigenvalue weighted by Crippen LogP contribution is -2.37. The van der Waals surface area contributed by atoms with Crippen LogP contribution < -0.4 is 5.73 Å². The van der Waals surface area contributed by atoms with Crippen molar-refractivity contribution in [1.82, 2.24) is 0 Å². The van der Waals surface area contributed by atoms with Gasteiger partial charge in [-0.3, -0.25) is 5.41 Å². The first kappa shape index (κ1) is 11.3. The summed E-state index contributed by atoms with van der Waals surface area (Å²) in [7, 11) is 0. The Kier molecular flexibility index (Phi) is 3.04. The molecule has 1 unspecified atom stereocenters. The third kappa shape index (κ3) is 2.18. The van der Waals surface area contributed by atoms with Crippen LogP contribution in [0, 0.1) is 5.41 Å². The minimum absolute atomic E-state index is 0.351. The van der Waals surface area contributed by atoms with Crippen LogP contribution in [0.1, 0.15) is 12.5 Å². The summed E-state index contributed by atoms with van der Waals surface area (Å²) in [5.41, 5.74) is 4.12. The van der Waals surface area contributed by atoms with E-state index in [-0.39, 0.29) is 5.84 Å². The average molecular weight is 233 g/mol. The summed E-state index contributed by atoms with van der Waals surface area (Å²) >= 11 is 11.5. The van der Waals surface area contributed by atoms with Gasteiger partial charge in [0.25, 0.3) is 0 Å². The summed E-state index contributed by atoms with van der Waals surface area (Å²) in [5, 5.41) is 17.9. The van der Waals surface area contributed by atoms with Gasteiger partial charge in [0.15, 0.2) is 0 Å². The molecule has 0 aliphatic heterocycles. The minimum atomic E-state index is -1.53. The van der Waals surface area contributed by atoms with Crippen molar-refractivity contribution in [2.75, 3.05) is 0 Å². The van der Waals surface area contributed by atoms with E-state index in [1.165, 1.54) is 19.1 Å². The van der Waals surface area contributed by atoms with E-state index in [1.807, 2.05) is 0 Å². The molecule has 1 atom stereocenters. The van der Waals surface area contributed by atoms with Gasteiger partial charge in [0.1, 0.15) is 11.4 Å². The second-order valence-corrected chi connectivity index (χ2v) is 4.02. The van der Waals surface area contributed by atoms with E-state index in [0.717, 1.165) is 0 Å². The van der Waals surface area contributed by atoms with E-state index in [1.54, 1.807) is 6.07 Å². The zero-order chi connectivity index (χ0) is 10.9. The summed E-state index contributed by atoms with van der Waals surface area (Å²) in [6.07, 6.45) is 0. The molecule has 0 aromatic heterocycles. The Bertz CT molecular complexity index is 357. The molecule has 0 amide bonds. The van der Waals surface area contributed by atoms with Gasteiger partial charge >= 0.3 is 0 Å². The summed E-state index contributed by atoms with van der Waals surface area (Å²) in [5.74, 6) is -0.351. The van der Waals surface area contributed by atoms with Gasteiger partial charge in [-0.2, -0.15) is 0 Å². The van der Waals surface area contributed by atoms with Gasteiger partial charge in [0.2, 0.25) is 0 Å². The number of halogens is 2. The summed E-state index contributed by atoms with van der Waals surface area (Å²) in [4.78, 5) is 0. The fourth-order valence-corrected chi connectivity index (χ4v) is 1.52. The molecular formula is C9H10Cl2N2O. The van der Waals surface area contributed by atoms with Gasteiger partial charge in [0, 0.05) is 10.0 Å². The van der Waals surface area contributed by atoms with Crippen LogP contribution in [-0.4, -0.2) is 10.9 Å². The van der Waals surface area contributed by atoms with Crippen molar-refractivity contribution in [3.63, 3.8) is 0 Å². The highest BCUT2D eigenvalue weighted by Gasteiger charge is 2.27. The first-order valence-corrected chi connectivity index (χ1v) is 4.63. The monoisotopic (exact) mass is 232 g/mol. The second kappa shape index (κ2) is 3.77. The number of benzene rings is 1.